The number of fused-ring (bicyclic) bond motifs is 2. The molecule has 0 N–H and O–H groups in total. The number of rotatable bonds is 1. The molecule has 0 radical (unpaired) electrons. The first-order valence-electron chi connectivity index (χ1n) is 7.02. The minimum Gasteiger partial charge on any atom is -0.376 e. The summed E-state index contributed by atoms with van der Waals surface area (Å²) in [5, 5.41) is 5.09. The SMILES string of the molecule is c1ccc2cc3cc(C4COCCO4)ccc3cc2c1. The van der Waals surface area contributed by atoms with Gasteiger partial charge in [-0.25, -0.2) is 0 Å². The van der Waals surface area contributed by atoms with E-state index in [1.165, 1.54) is 27.1 Å². The Morgan fingerprint density at radius 2 is 1.50 bits per heavy atom. The summed E-state index contributed by atoms with van der Waals surface area (Å²) >= 11 is 0. The largest absolute Gasteiger partial charge is 0.376 e. The van der Waals surface area contributed by atoms with Crippen LogP contribution in [0.4, 0.5) is 0 Å². The van der Waals surface area contributed by atoms with E-state index in [1.807, 2.05) is 0 Å². The lowest BCUT2D eigenvalue weighted by Crippen LogP contribution is -2.21. The Balaban J connectivity index is 1.83. The van der Waals surface area contributed by atoms with Crippen LogP contribution >= 0.6 is 0 Å². The molecule has 1 fully saturated rings. The fraction of sp³-hybridized carbons (Fsp3) is 0.222. The molecule has 2 nitrogen and oxygen atoms in total. The average Bonchev–Trinajstić information content (AvgIpc) is 2.53. The monoisotopic (exact) mass is 264 g/mol. The number of hydrogen-bond donors (Lipinski definition) is 0. The Morgan fingerprint density at radius 1 is 0.750 bits per heavy atom. The molecule has 1 saturated heterocycles. The molecule has 1 heterocycles. The minimum atomic E-state index is 0.0691. The van der Waals surface area contributed by atoms with Gasteiger partial charge in [-0.2, -0.15) is 0 Å². The Morgan fingerprint density at radius 3 is 2.25 bits per heavy atom. The summed E-state index contributed by atoms with van der Waals surface area (Å²) in [4.78, 5) is 0. The second-order valence-electron chi connectivity index (χ2n) is 5.24. The van der Waals surface area contributed by atoms with Crippen molar-refractivity contribution in [1.29, 1.82) is 0 Å². The Labute approximate surface area is 117 Å². The van der Waals surface area contributed by atoms with Gasteiger partial charge in [0.25, 0.3) is 0 Å². The van der Waals surface area contributed by atoms with E-state index in [4.69, 9.17) is 9.47 Å². The fourth-order valence-electron chi connectivity index (χ4n) is 2.84. The van der Waals surface area contributed by atoms with Crippen LogP contribution in [0.1, 0.15) is 11.7 Å². The molecule has 4 rings (SSSR count). The molecule has 0 amide bonds. The van der Waals surface area contributed by atoms with Gasteiger partial charge >= 0.3 is 0 Å². The van der Waals surface area contributed by atoms with E-state index in [0.717, 1.165) is 0 Å². The first-order chi connectivity index (χ1) is 9.90. The van der Waals surface area contributed by atoms with Crippen molar-refractivity contribution in [2.24, 2.45) is 0 Å². The Hall–Kier alpha value is -1.90. The molecule has 3 aromatic rings. The van der Waals surface area contributed by atoms with Crippen molar-refractivity contribution in [3.05, 3.63) is 60.2 Å². The lowest BCUT2D eigenvalue weighted by Gasteiger charge is -2.23. The van der Waals surface area contributed by atoms with Crippen molar-refractivity contribution in [2.75, 3.05) is 19.8 Å². The van der Waals surface area contributed by atoms with Crippen LogP contribution in [-0.4, -0.2) is 19.8 Å². The van der Waals surface area contributed by atoms with Crippen molar-refractivity contribution < 1.29 is 9.47 Å². The second-order valence-corrected chi connectivity index (χ2v) is 5.24. The first-order valence-corrected chi connectivity index (χ1v) is 7.02. The maximum Gasteiger partial charge on any atom is 0.106 e. The van der Waals surface area contributed by atoms with Crippen LogP contribution in [0.3, 0.4) is 0 Å². The molecule has 20 heavy (non-hydrogen) atoms. The zero-order valence-corrected chi connectivity index (χ0v) is 11.2. The van der Waals surface area contributed by atoms with Crippen LogP contribution in [0, 0.1) is 0 Å². The Kier molecular flexibility index (Phi) is 2.91. The number of ether oxygens (including phenoxy) is 2. The third-order valence-electron chi connectivity index (χ3n) is 3.92. The standard InChI is InChI=1S/C18H16O2/c1-2-4-14-10-17-11-16(18-12-19-7-8-20-18)6-5-15(17)9-13(14)3-1/h1-6,9-11,18H,7-8,12H2. The molecule has 1 aliphatic heterocycles. The van der Waals surface area contributed by atoms with Gasteiger partial charge in [0, 0.05) is 0 Å². The van der Waals surface area contributed by atoms with Crippen LogP contribution in [0.2, 0.25) is 0 Å². The zero-order chi connectivity index (χ0) is 13.4. The second kappa shape index (κ2) is 4.89. The van der Waals surface area contributed by atoms with Crippen LogP contribution in [0.25, 0.3) is 21.5 Å². The molecule has 2 heteroatoms. The minimum absolute atomic E-state index is 0.0691. The van der Waals surface area contributed by atoms with E-state index >= 15 is 0 Å². The van der Waals surface area contributed by atoms with Gasteiger partial charge in [-0.15, -0.1) is 0 Å². The summed E-state index contributed by atoms with van der Waals surface area (Å²) in [6.07, 6.45) is 0.0691. The highest BCUT2D eigenvalue weighted by atomic mass is 16.6. The molecule has 0 spiro atoms. The van der Waals surface area contributed by atoms with Crippen molar-refractivity contribution in [3.63, 3.8) is 0 Å². The molecule has 1 atom stereocenters. The third kappa shape index (κ3) is 2.07. The topological polar surface area (TPSA) is 18.5 Å². The van der Waals surface area contributed by atoms with Crippen molar-refractivity contribution in [3.8, 4) is 0 Å². The highest BCUT2D eigenvalue weighted by Gasteiger charge is 2.16. The third-order valence-corrected chi connectivity index (χ3v) is 3.92. The predicted molar refractivity (Wildman–Crippen MR) is 81.0 cm³/mol. The first kappa shape index (κ1) is 11.9. The van der Waals surface area contributed by atoms with E-state index in [0.29, 0.717) is 19.8 Å². The van der Waals surface area contributed by atoms with Crippen LogP contribution in [0.5, 0.6) is 0 Å². The van der Waals surface area contributed by atoms with Gasteiger partial charge in [-0.3, -0.25) is 0 Å². The molecule has 0 bridgehead atoms. The van der Waals surface area contributed by atoms with Gasteiger partial charge in [-0.05, 0) is 45.3 Å². The summed E-state index contributed by atoms with van der Waals surface area (Å²) in [5.74, 6) is 0. The maximum absolute atomic E-state index is 5.78. The van der Waals surface area contributed by atoms with E-state index in [-0.39, 0.29) is 6.10 Å². The highest BCUT2D eigenvalue weighted by Crippen LogP contribution is 2.27. The molecule has 0 saturated carbocycles. The quantitative estimate of drug-likeness (QED) is 0.616. The van der Waals surface area contributed by atoms with Crippen molar-refractivity contribution >= 4 is 21.5 Å². The summed E-state index contributed by atoms with van der Waals surface area (Å²) in [7, 11) is 0. The highest BCUT2D eigenvalue weighted by molar-refractivity contribution is 5.98. The van der Waals surface area contributed by atoms with Gasteiger partial charge < -0.3 is 9.47 Å². The van der Waals surface area contributed by atoms with Crippen molar-refractivity contribution in [1.82, 2.24) is 0 Å². The van der Waals surface area contributed by atoms with Crippen LogP contribution in [-0.2, 0) is 9.47 Å². The molecule has 3 aromatic carbocycles. The molecule has 1 aliphatic rings. The Bertz CT molecular complexity index is 758. The van der Waals surface area contributed by atoms with E-state index < -0.39 is 0 Å². The maximum atomic E-state index is 5.78. The average molecular weight is 264 g/mol. The van der Waals surface area contributed by atoms with Gasteiger partial charge in [0.15, 0.2) is 0 Å². The van der Waals surface area contributed by atoms with E-state index in [9.17, 15) is 0 Å². The smallest absolute Gasteiger partial charge is 0.106 e. The molecular formula is C18H16O2. The predicted octanol–water partition coefficient (Wildman–Crippen LogP) is 4.08. The molecule has 1 unspecified atom stereocenters. The molecular weight excluding hydrogens is 248 g/mol. The summed E-state index contributed by atoms with van der Waals surface area (Å²) in [6, 6.07) is 19.5. The zero-order valence-electron chi connectivity index (χ0n) is 11.2. The number of benzene rings is 3. The lowest BCUT2D eigenvalue weighted by molar-refractivity contribution is -0.0901. The fourth-order valence-corrected chi connectivity index (χ4v) is 2.84. The molecule has 100 valence electrons. The summed E-state index contributed by atoms with van der Waals surface area (Å²) < 4.78 is 11.3. The van der Waals surface area contributed by atoms with Crippen LogP contribution < -0.4 is 0 Å². The molecule has 0 aliphatic carbocycles. The van der Waals surface area contributed by atoms with E-state index in [1.54, 1.807) is 0 Å². The summed E-state index contributed by atoms with van der Waals surface area (Å²) in [5.41, 5.74) is 1.20. The van der Waals surface area contributed by atoms with Gasteiger partial charge in [-0.1, -0.05) is 36.4 Å². The van der Waals surface area contributed by atoms with Crippen LogP contribution in [0.15, 0.2) is 54.6 Å². The number of hydrogen-bond acceptors (Lipinski definition) is 2. The van der Waals surface area contributed by atoms with Gasteiger partial charge in [0.1, 0.15) is 6.10 Å². The van der Waals surface area contributed by atoms with Gasteiger partial charge in [0.05, 0.1) is 19.8 Å². The normalized spacial score (nSPS) is 19.5. The van der Waals surface area contributed by atoms with Gasteiger partial charge in [0.2, 0.25) is 0 Å². The summed E-state index contributed by atoms with van der Waals surface area (Å²) in [6.45, 7) is 2.04. The molecule has 0 aromatic heterocycles. The van der Waals surface area contributed by atoms with Crippen molar-refractivity contribution in [2.45, 2.75) is 6.10 Å². The lowest BCUT2D eigenvalue weighted by atomic mass is 10.00. The van der Waals surface area contributed by atoms with E-state index in [2.05, 4.69) is 54.6 Å².